The highest BCUT2D eigenvalue weighted by Crippen LogP contribution is 2.70. The van der Waals surface area contributed by atoms with Crippen molar-refractivity contribution in [2.75, 3.05) is 34.5 Å². The van der Waals surface area contributed by atoms with Crippen molar-refractivity contribution < 1.29 is 76.9 Å². The summed E-state index contributed by atoms with van der Waals surface area (Å²) in [6, 6.07) is 23.1. The summed E-state index contributed by atoms with van der Waals surface area (Å²) in [5.41, 5.74) is -3.72. The molecule has 1 saturated heterocycles. The van der Waals surface area contributed by atoms with Gasteiger partial charge in [0.1, 0.15) is 41.0 Å². The fraction of sp³-hybridized carbons (Fsp3) is 0.435. The fourth-order valence-corrected chi connectivity index (χ4v) is 9.48. The lowest BCUT2D eigenvalue weighted by molar-refractivity contribution is -0.384. The molecule has 0 aromatic heterocycles. The van der Waals surface area contributed by atoms with Gasteiger partial charge in [-0.25, -0.2) is 4.79 Å². The van der Waals surface area contributed by atoms with Gasteiger partial charge in [0.05, 0.1) is 43.8 Å². The highest BCUT2D eigenvalue weighted by atomic mass is 28.4. The third-order valence-corrected chi connectivity index (χ3v) is 17.3. The number of nitro benzene ring substituents is 1. The van der Waals surface area contributed by atoms with Crippen molar-refractivity contribution >= 4 is 26.1 Å². The van der Waals surface area contributed by atoms with Gasteiger partial charge in [0.15, 0.2) is 25.6 Å². The van der Waals surface area contributed by atoms with Crippen LogP contribution in [0, 0.1) is 16.0 Å². The first kappa shape index (κ1) is 47.2. The number of carboxylic acids is 1. The van der Waals surface area contributed by atoms with E-state index in [0.29, 0.717) is 16.9 Å². The molecule has 1 aliphatic carbocycles. The van der Waals surface area contributed by atoms with Crippen LogP contribution in [0.25, 0.3) is 0 Å². The number of carboxylic acid groups (broad SMARTS) is 1. The summed E-state index contributed by atoms with van der Waals surface area (Å²) in [6.45, 7) is 9.94. The zero-order chi connectivity index (χ0) is 47.1. The first-order valence-corrected chi connectivity index (χ1v) is 23.7. The molecule has 7 rings (SSSR count). The lowest BCUT2D eigenvalue weighted by atomic mass is 9.70. The van der Waals surface area contributed by atoms with E-state index >= 15 is 0 Å². The summed E-state index contributed by atoms with van der Waals surface area (Å²) >= 11 is 0. The maximum atomic E-state index is 13.3. The minimum atomic E-state index is -2.44. The van der Waals surface area contributed by atoms with Crippen molar-refractivity contribution in [1.29, 1.82) is 0 Å². The molecule has 3 aliphatic rings. The molecule has 0 spiro atoms. The zero-order valence-electron chi connectivity index (χ0n) is 37.1. The normalized spacial score (nSPS) is 26.5. The number of aliphatic hydroxyl groups is 2. The number of aliphatic hydroxyl groups excluding tert-OH is 1. The number of ether oxygens (including phenoxy) is 9. The fourth-order valence-electron chi connectivity index (χ4n) is 8.47. The molecule has 0 bridgehead atoms. The monoisotopic (exact) mass is 919 g/mol. The molecule has 1 saturated carbocycles. The first-order valence-electron chi connectivity index (χ1n) is 20.8. The Balaban J connectivity index is 1.23. The topological polar surface area (TPSA) is 230 Å². The quantitative estimate of drug-likeness (QED) is 0.0373. The number of aliphatic carboxylic acids is 1. The lowest BCUT2D eigenvalue weighted by Gasteiger charge is -2.40. The number of non-ortho nitro benzene ring substituents is 1. The number of nitrogens with zero attached hydrogens (tertiary/aromatic N) is 1. The van der Waals surface area contributed by atoms with Gasteiger partial charge >= 0.3 is 12.1 Å². The highest BCUT2D eigenvalue weighted by Gasteiger charge is 2.78. The summed E-state index contributed by atoms with van der Waals surface area (Å²) < 4.78 is 60.3. The molecule has 3 N–H and O–H groups in total. The van der Waals surface area contributed by atoms with Gasteiger partial charge in [0.25, 0.3) is 12.0 Å². The number of carbonyl (C=O) groups is 2. The Morgan fingerprint density at radius 3 is 2.17 bits per heavy atom. The van der Waals surface area contributed by atoms with E-state index in [-0.39, 0.29) is 52.5 Å². The maximum absolute atomic E-state index is 13.3. The third-order valence-electron chi connectivity index (χ3n) is 12.8. The number of benzene rings is 4. The Hall–Kier alpha value is -5.80. The number of methoxy groups -OCH3 is 3. The predicted molar refractivity (Wildman–Crippen MR) is 232 cm³/mol. The highest BCUT2D eigenvalue weighted by molar-refractivity contribution is 6.74. The number of carbonyl (C=O) groups excluding carboxylic acids is 1. The van der Waals surface area contributed by atoms with Crippen LogP contribution in [-0.4, -0.2) is 106 Å². The van der Waals surface area contributed by atoms with Crippen LogP contribution >= 0.6 is 0 Å². The summed E-state index contributed by atoms with van der Waals surface area (Å²) in [4.78, 5) is 37.0. The maximum Gasteiger partial charge on any atom is 0.514 e. The van der Waals surface area contributed by atoms with Crippen LogP contribution < -0.4 is 23.7 Å². The Morgan fingerprint density at radius 1 is 0.923 bits per heavy atom. The largest absolute Gasteiger partial charge is 0.514 e. The van der Waals surface area contributed by atoms with Crippen molar-refractivity contribution in [3.05, 3.63) is 118 Å². The molecule has 65 heavy (non-hydrogen) atoms. The lowest BCUT2D eigenvalue weighted by Crippen LogP contribution is -2.54. The Morgan fingerprint density at radius 2 is 1.58 bits per heavy atom. The van der Waals surface area contributed by atoms with E-state index in [4.69, 9.17) is 47.1 Å². The second kappa shape index (κ2) is 18.2. The van der Waals surface area contributed by atoms with Gasteiger partial charge in [-0.15, -0.1) is 0 Å². The molecule has 348 valence electrons. The third kappa shape index (κ3) is 8.60. The molecule has 4 aromatic carbocycles. The van der Waals surface area contributed by atoms with Crippen LogP contribution in [0.5, 0.6) is 28.7 Å². The molecule has 9 atom stereocenters. The number of hydrogen-bond acceptors (Lipinski definition) is 16. The van der Waals surface area contributed by atoms with E-state index < -0.39 is 79.3 Å². The Labute approximate surface area is 376 Å². The average Bonchev–Trinajstić information content (AvgIpc) is 3.66. The second-order valence-electron chi connectivity index (χ2n) is 17.5. The molecular formula is C46H53NO17Si. The summed E-state index contributed by atoms with van der Waals surface area (Å²) in [6.07, 6.45) is -7.68. The van der Waals surface area contributed by atoms with Crippen molar-refractivity contribution in [2.45, 2.75) is 86.9 Å². The van der Waals surface area contributed by atoms with E-state index in [9.17, 15) is 35.0 Å². The van der Waals surface area contributed by atoms with Gasteiger partial charge in [0.2, 0.25) is 6.29 Å². The molecule has 4 aromatic rings. The van der Waals surface area contributed by atoms with E-state index in [0.717, 1.165) is 0 Å². The minimum Gasteiger partial charge on any atom is -0.497 e. The number of fused-ring (bicyclic) bond motifs is 3. The van der Waals surface area contributed by atoms with Crippen LogP contribution in [0.15, 0.2) is 91.0 Å². The zero-order valence-corrected chi connectivity index (χ0v) is 38.1. The van der Waals surface area contributed by atoms with Crippen molar-refractivity contribution in [3.8, 4) is 28.7 Å². The average molecular weight is 920 g/mol. The Bertz CT molecular complexity index is 2360. The van der Waals surface area contributed by atoms with Gasteiger partial charge in [-0.05, 0) is 53.5 Å². The minimum absolute atomic E-state index is 0.00238. The van der Waals surface area contributed by atoms with E-state index in [1.807, 2.05) is 13.1 Å². The summed E-state index contributed by atoms with van der Waals surface area (Å²) in [7, 11) is 1.78. The van der Waals surface area contributed by atoms with E-state index in [1.54, 1.807) is 54.6 Å². The van der Waals surface area contributed by atoms with Gasteiger partial charge in [-0.1, -0.05) is 63.2 Å². The molecule has 1 unspecified atom stereocenters. The van der Waals surface area contributed by atoms with Gasteiger partial charge < -0.3 is 62.4 Å². The van der Waals surface area contributed by atoms with Crippen LogP contribution in [0.3, 0.4) is 0 Å². The molecule has 19 heteroatoms. The van der Waals surface area contributed by atoms with E-state index in [2.05, 4.69) is 20.8 Å². The van der Waals surface area contributed by atoms with Crippen molar-refractivity contribution in [1.82, 2.24) is 0 Å². The number of hydrogen-bond donors (Lipinski definition) is 3. The molecular weight excluding hydrogens is 867 g/mol. The van der Waals surface area contributed by atoms with Gasteiger partial charge in [-0.3, -0.25) is 14.9 Å². The standard InChI is InChI=1S/C46H53NO17Si/c1-44(2,3)65(7,8)59-25-35(63-43(51)61-30-20-16-28(17-21-30)47(53)54)34-24-58-41(57-6)42(62-34)60-31-22-32(56-5)38-33(23-31)64-46(27-14-18-29(55-4)19-15-27)37(26-12-10-9-11-13-26)36(40(49)50)39(48)45(38,46)52/h9-23,34-37,39,41-42,48,52H,24-25H2,1-8H3,(H,49,50)/t34-,35?,36-,37-,39-,41-,42-,45+,46+/m1/s1. The summed E-state index contributed by atoms with van der Waals surface area (Å²) in [5.74, 6) is -3.48. The molecule has 2 fully saturated rings. The van der Waals surface area contributed by atoms with Crippen LogP contribution in [0.4, 0.5) is 10.5 Å². The first-order chi connectivity index (χ1) is 30.8. The van der Waals surface area contributed by atoms with Crippen molar-refractivity contribution in [3.63, 3.8) is 0 Å². The smallest absolute Gasteiger partial charge is 0.497 e. The van der Waals surface area contributed by atoms with Crippen molar-refractivity contribution in [2.24, 2.45) is 5.92 Å². The number of rotatable bonds is 15. The Kier molecular flexibility index (Phi) is 13.2. The molecule has 2 aliphatic heterocycles. The SMILES string of the molecule is COc1ccc([C@@]23Oc4cc(O[C@@H]5O[C@@H](C(CO[Si](C)(C)C(C)(C)C)OC(=O)Oc6ccc([N+](=O)[O-])cc6)CO[C@H]5OC)cc(OC)c4[C@]2(O)[C@H](O)[C@H](C(=O)O)[C@H]3c2ccccc2)cc1. The van der Waals surface area contributed by atoms with Crippen LogP contribution in [0.1, 0.15) is 43.4 Å². The molecule has 0 radical (unpaired) electrons. The molecule has 2 heterocycles. The van der Waals surface area contributed by atoms with Gasteiger partial charge in [0, 0.05) is 37.3 Å². The van der Waals surface area contributed by atoms with Gasteiger partial charge in [-0.2, -0.15) is 0 Å². The molecule has 0 amide bonds. The number of nitro groups is 1. The van der Waals surface area contributed by atoms with E-state index in [1.165, 1.54) is 57.7 Å². The van der Waals surface area contributed by atoms with Crippen LogP contribution in [-0.2, 0) is 39.4 Å². The van der Waals surface area contributed by atoms with Crippen LogP contribution in [0.2, 0.25) is 18.1 Å². The second-order valence-corrected chi connectivity index (χ2v) is 22.3. The molecule has 18 nitrogen and oxygen atoms in total. The predicted octanol–water partition coefficient (Wildman–Crippen LogP) is 6.65. The summed E-state index contributed by atoms with van der Waals surface area (Å²) in [5, 5.41) is 46.9.